The standard InChI is InChI=1S/C26H21N5OS/c1-2-18-9-10-22(33-18)24-23-20(25(32)19-7-3-4-8-21(19)30-23)15-31(24)26-28-13-17(14-29-26)16-6-5-11-27-12-16/h3-14,24H,2,15H2,1H3,(H,30,32). The van der Waals surface area contributed by atoms with Crippen LogP contribution in [0.3, 0.4) is 0 Å². The summed E-state index contributed by atoms with van der Waals surface area (Å²) in [7, 11) is 0. The SMILES string of the molecule is CCc1ccc(C2c3[nH]c4ccccc4c(=O)c3CN2c2ncc(-c3cccnc3)cn2)s1. The molecule has 5 heterocycles. The van der Waals surface area contributed by atoms with E-state index in [9.17, 15) is 4.79 Å². The highest BCUT2D eigenvalue weighted by Gasteiger charge is 2.37. The number of para-hydroxylation sites is 1. The second-order valence-corrected chi connectivity index (χ2v) is 9.29. The molecule has 0 fully saturated rings. The van der Waals surface area contributed by atoms with E-state index in [4.69, 9.17) is 9.97 Å². The van der Waals surface area contributed by atoms with Gasteiger partial charge in [0.15, 0.2) is 5.43 Å². The molecule has 7 heteroatoms. The lowest BCUT2D eigenvalue weighted by atomic mass is 10.1. The Morgan fingerprint density at radius 2 is 1.88 bits per heavy atom. The molecule has 0 saturated heterocycles. The smallest absolute Gasteiger partial charge is 0.226 e. The molecule has 1 aliphatic rings. The number of rotatable bonds is 4. The van der Waals surface area contributed by atoms with Crippen LogP contribution in [0, 0.1) is 0 Å². The topological polar surface area (TPSA) is 74.8 Å². The first-order valence-corrected chi connectivity index (χ1v) is 11.8. The highest BCUT2D eigenvalue weighted by atomic mass is 32.1. The van der Waals surface area contributed by atoms with Gasteiger partial charge in [0.25, 0.3) is 0 Å². The van der Waals surface area contributed by atoms with E-state index in [0.717, 1.165) is 34.3 Å². The lowest BCUT2D eigenvalue weighted by molar-refractivity contribution is 0.739. The molecule has 4 aromatic heterocycles. The van der Waals surface area contributed by atoms with Crippen molar-refractivity contribution in [2.24, 2.45) is 0 Å². The van der Waals surface area contributed by atoms with Crippen LogP contribution in [0.5, 0.6) is 0 Å². The molecule has 6 nitrogen and oxygen atoms in total. The normalized spacial score (nSPS) is 15.2. The lowest BCUT2D eigenvalue weighted by Gasteiger charge is -2.24. The number of nitrogens with one attached hydrogen (secondary N) is 1. The highest BCUT2D eigenvalue weighted by Crippen LogP contribution is 2.41. The van der Waals surface area contributed by atoms with Crippen molar-refractivity contribution in [3.63, 3.8) is 0 Å². The van der Waals surface area contributed by atoms with Crippen LogP contribution >= 0.6 is 11.3 Å². The van der Waals surface area contributed by atoms with Crippen LogP contribution in [0.4, 0.5) is 5.95 Å². The van der Waals surface area contributed by atoms with Gasteiger partial charge in [-0.2, -0.15) is 0 Å². The fourth-order valence-electron chi connectivity index (χ4n) is 4.47. The van der Waals surface area contributed by atoms with Crippen LogP contribution in [-0.4, -0.2) is 19.9 Å². The number of nitrogens with zero attached hydrogens (tertiary/aromatic N) is 4. The second kappa shape index (κ2) is 7.94. The van der Waals surface area contributed by atoms with Crippen LogP contribution in [0.2, 0.25) is 0 Å². The molecule has 33 heavy (non-hydrogen) atoms. The van der Waals surface area contributed by atoms with Gasteiger partial charge in [-0.1, -0.05) is 25.1 Å². The zero-order valence-corrected chi connectivity index (χ0v) is 18.8. The molecule has 1 aromatic carbocycles. The van der Waals surface area contributed by atoms with E-state index >= 15 is 0 Å². The van der Waals surface area contributed by atoms with Gasteiger partial charge in [0.1, 0.15) is 6.04 Å². The number of aromatic amines is 1. The quantitative estimate of drug-likeness (QED) is 0.411. The third-order valence-electron chi connectivity index (χ3n) is 6.14. The molecular formula is C26H21N5OS. The third kappa shape index (κ3) is 3.32. The second-order valence-electron chi connectivity index (χ2n) is 8.09. The predicted octanol–water partition coefficient (Wildman–Crippen LogP) is 5.11. The summed E-state index contributed by atoms with van der Waals surface area (Å²) in [6.45, 7) is 2.62. The minimum atomic E-state index is -0.133. The zero-order valence-electron chi connectivity index (χ0n) is 18.0. The number of benzene rings is 1. The molecule has 6 rings (SSSR count). The maximum Gasteiger partial charge on any atom is 0.226 e. The summed E-state index contributed by atoms with van der Waals surface area (Å²) in [6, 6.07) is 15.8. The number of pyridine rings is 2. The van der Waals surface area contributed by atoms with Gasteiger partial charge in [-0.25, -0.2) is 9.97 Å². The van der Waals surface area contributed by atoms with Crippen LogP contribution < -0.4 is 10.3 Å². The van der Waals surface area contributed by atoms with Gasteiger partial charge in [-0.05, 0) is 36.8 Å². The molecule has 5 aromatic rings. The fraction of sp³-hybridized carbons (Fsp3) is 0.154. The summed E-state index contributed by atoms with van der Waals surface area (Å²) in [5.74, 6) is 0.604. The van der Waals surface area contributed by atoms with Crippen molar-refractivity contribution < 1.29 is 0 Å². The van der Waals surface area contributed by atoms with E-state index in [1.807, 2.05) is 48.8 Å². The van der Waals surface area contributed by atoms with Gasteiger partial charge in [-0.15, -0.1) is 11.3 Å². The molecule has 1 unspecified atom stereocenters. The fourth-order valence-corrected chi connectivity index (χ4v) is 5.54. The van der Waals surface area contributed by atoms with E-state index in [0.29, 0.717) is 17.9 Å². The molecule has 1 aliphatic heterocycles. The summed E-state index contributed by atoms with van der Waals surface area (Å²) in [6.07, 6.45) is 8.17. The van der Waals surface area contributed by atoms with Crippen molar-refractivity contribution in [1.29, 1.82) is 0 Å². The first-order valence-electron chi connectivity index (χ1n) is 10.9. The Labute approximate surface area is 194 Å². The van der Waals surface area contributed by atoms with E-state index in [1.54, 1.807) is 23.7 Å². The Morgan fingerprint density at radius 1 is 1.03 bits per heavy atom. The Kier molecular flexibility index (Phi) is 4.77. The first-order chi connectivity index (χ1) is 16.2. The minimum Gasteiger partial charge on any atom is -0.356 e. The number of thiophene rings is 1. The van der Waals surface area contributed by atoms with Crippen molar-refractivity contribution in [3.8, 4) is 11.1 Å². The van der Waals surface area contributed by atoms with Crippen molar-refractivity contribution in [2.45, 2.75) is 25.9 Å². The number of H-pyrrole nitrogens is 1. The monoisotopic (exact) mass is 451 g/mol. The molecule has 0 aliphatic carbocycles. The van der Waals surface area contributed by atoms with Crippen LogP contribution in [-0.2, 0) is 13.0 Å². The Balaban J connectivity index is 1.48. The summed E-state index contributed by atoms with van der Waals surface area (Å²) in [4.78, 5) is 35.1. The molecule has 1 atom stereocenters. The Hall–Kier alpha value is -3.84. The van der Waals surface area contributed by atoms with Crippen molar-refractivity contribution in [3.05, 3.63) is 105 Å². The molecular weight excluding hydrogens is 430 g/mol. The van der Waals surface area contributed by atoms with Crippen LogP contribution in [0.25, 0.3) is 22.0 Å². The molecule has 162 valence electrons. The first kappa shape index (κ1) is 19.8. The van der Waals surface area contributed by atoms with Crippen molar-refractivity contribution in [1.82, 2.24) is 19.9 Å². The number of aromatic nitrogens is 4. The van der Waals surface area contributed by atoms with Crippen molar-refractivity contribution in [2.75, 3.05) is 4.90 Å². The average Bonchev–Trinajstić information content (AvgIpc) is 3.49. The zero-order chi connectivity index (χ0) is 22.4. The van der Waals surface area contributed by atoms with E-state index in [-0.39, 0.29) is 11.5 Å². The third-order valence-corrected chi connectivity index (χ3v) is 7.43. The van der Waals surface area contributed by atoms with Gasteiger partial charge in [0, 0.05) is 62.1 Å². The molecule has 1 N–H and O–H groups in total. The highest BCUT2D eigenvalue weighted by molar-refractivity contribution is 7.12. The minimum absolute atomic E-state index is 0.0751. The molecule has 0 amide bonds. The number of aryl methyl sites for hydroxylation is 1. The van der Waals surface area contributed by atoms with E-state index in [2.05, 4.69) is 33.9 Å². The summed E-state index contributed by atoms with van der Waals surface area (Å²) in [5, 5.41) is 0.713. The lowest BCUT2D eigenvalue weighted by Crippen LogP contribution is -2.24. The maximum atomic E-state index is 13.4. The van der Waals surface area contributed by atoms with Crippen molar-refractivity contribution >= 4 is 28.2 Å². The Bertz CT molecular complexity index is 1510. The van der Waals surface area contributed by atoms with Gasteiger partial charge in [-0.3, -0.25) is 9.78 Å². The van der Waals surface area contributed by atoms with Crippen LogP contribution in [0.15, 0.2) is 78.1 Å². The number of fused-ring (bicyclic) bond motifs is 2. The molecule has 0 radical (unpaired) electrons. The Morgan fingerprint density at radius 3 is 2.64 bits per heavy atom. The van der Waals surface area contributed by atoms with E-state index in [1.165, 1.54) is 9.75 Å². The van der Waals surface area contributed by atoms with Gasteiger partial charge >= 0.3 is 0 Å². The molecule has 0 spiro atoms. The number of hydrogen-bond donors (Lipinski definition) is 1. The number of hydrogen-bond acceptors (Lipinski definition) is 6. The summed E-state index contributed by atoms with van der Waals surface area (Å²) in [5.41, 5.74) is 4.52. The van der Waals surface area contributed by atoms with Gasteiger partial charge in [0.05, 0.1) is 12.2 Å². The summed E-state index contributed by atoms with van der Waals surface area (Å²) >= 11 is 1.78. The summed E-state index contributed by atoms with van der Waals surface area (Å²) < 4.78 is 0. The molecule has 0 saturated carbocycles. The number of anilines is 1. The predicted molar refractivity (Wildman–Crippen MR) is 132 cm³/mol. The van der Waals surface area contributed by atoms with Crippen LogP contribution in [0.1, 0.15) is 34.0 Å². The van der Waals surface area contributed by atoms with Gasteiger partial charge in [0.2, 0.25) is 5.95 Å². The maximum absolute atomic E-state index is 13.4. The largest absolute Gasteiger partial charge is 0.356 e. The molecule has 0 bridgehead atoms. The van der Waals surface area contributed by atoms with E-state index < -0.39 is 0 Å². The average molecular weight is 452 g/mol. The van der Waals surface area contributed by atoms with Gasteiger partial charge < -0.3 is 9.88 Å².